The van der Waals surface area contributed by atoms with Crippen LogP contribution in [0.4, 0.5) is 0 Å². The van der Waals surface area contributed by atoms with Crippen molar-refractivity contribution >= 4 is 5.65 Å². The zero-order chi connectivity index (χ0) is 20.5. The van der Waals surface area contributed by atoms with Gasteiger partial charge in [-0.1, -0.05) is 0 Å². The van der Waals surface area contributed by atoms with Gasteiger partial charge in [0.15, 0.2) is 0 Å². The highest BCUT2D eigenvalue weighted by Crippen LogP contribution is 2.34. The second kappa shape index (κ2) is 7.71. The maximum absolute atomic E-state index is 9.24. The van der Waals surface area contributed by atoms with Crippen molar-refractivity contribution in [3.05, 3.63) is 72.3 Å². The Labute approximate surface area is 173 Å². The SMILES string of the molecule is CO[C@@H]1C[C@@H](c2ncc(-c3cccnc3)[nH]2)N(Cc2cnc3ccc(C#N)cn23)C1. The molecule has 0 aromatic carbocycles. The highest BCUT2D eigenvalue weighted by atomic mass is 16.5. The summed E-state index contributed by atoms with van der Waals surface area (Å²) in [7, 11) is 1.75. The van der Waals surface area contributed by atoms with E-state index in [4.69, 9.17) is 4.74 Å². The molecule has 5 heterocycles. The van der Waals surface area contributed by atoms with Crippen LogP contribution >= 0.6 is 0 Å². The van der Waals surface area contributed by atoms with Gasteiger partial charge in [0.1, 0.15) is 17.5 Å². The second-order valence-electron chi connectivity index (χ2n) is 7.47. The van der Waals surface area contributed by atoms with Gasteiger partial charge in [0, 0.05) is 44.4 Å². The molecule has 4 aromatic rings. The van der Waals surface area contributed by atoms with Crippen LogP contribution in [0.25, 0.3) is 16.9 Å². The lowest BCUT2D eigenvalue weighted by molar-refractivity contribution is 0.107. The third kappa shape index (κ3) is 3.34. The summed E-state index contributed by atoms with van der Waals surface area (Å²) in [4.78, 5) is 19.2. The Morgan fingerprint density at radius 1 is 1.23 bits per heavy atom. The Kier molecular flexibility index (Phi) is 4.75. The van der Waals surface area contributed by atoms with Gasteiger partial charge in [0.25, 0.3) is 0 Å². The molecule has 0 radical (unpaired) electrons. The number of methoxy groups -OCH3 is 1. The molecule has 0 aliphatic carbocycles. The number of nitriles is 1. The van der Waals surface area contributed by atoms with Crippen LogP contribution in [0.5, 0.6) is 0 Å². The molecule has 1 N–H and O–H groups in total. The fourth-order valence-corrected chi connectivity index (χ4v) is 4.09. The largest absolute Gasteiger partial charge is 0.380 e. The Hall–Kier alpha value is -3.54. The molecule has 1 aliphatic rings. The summed E-state index contributed by atoms with van der Waals surface area (Å²) >= 11 is 0. The van der Waals surface area contributed by atoms with Crippen LogP contribution in [0.2, 0.25) is 0 Å². The number of imidazole rings is 2. The van der Waals surface area contributed by atoms with Crippen molar-refractivity contribution in [3.63, 3.8) is 0 Å². The molecule has 30 heavy (non-hydrogen) atoms. The van der Waals surface area contributed by atoms with Gasteiger partial charge in [0.05, 0.1) is 41.5 Å². The van der Waals surface area contributed by atoms with Crippen LogP contribution in [0, 0.1) is 11.3 Å². The fraction of sp³-hybridized carbons (Fsp3) is 0.273. The number of ether oxygens (including phenoxy) is 1. The van der Waals surface area contributed by atoms with E-state index in [2.05, 4.69) is 30.9 Å². The standard InChI is InChI=1S/C22H21N7O/c1-30-18-7-20(22-26-11-19(27-22)16-3-2-6-24-9-16)28(14-18)13-17-10-25-21-5-4-15(8-23)12-29(17)21/h2-6,9-12,18,20H,7,13-14H2,1H3,(H,26,27)/t18-,20+/m1/s1. The molecular formula is C22H21N7O. The van der Waals surface area contributed by atoms with Crippen molar-refractivity contribution in [1.29, 1.82) is 5.26 Å². The van der Waals surface area contributed by atoms with E-state index in [0.717, 1.165) is 41.4 Å². The minimum Gasteiger partial charge on any atom is -0.380 e. The summed E-state index contributed by atoms with van der Waals surface area (Å²) in [6.45, 7) is 1.48. The van der Waals surface area contributed by atoms with E-state index in [0.29, 0.717) is 12.1 Å². The number of nitrogens with zero attached hydrogens (tertiary/aromatic N) is 6. The maximum atomic E-state index is 9.24. The highest BCUT2D eigenvalue weighted by molar-refractivity contribution is 5.56. The van der Waals surface area contributed by atoms with Crippen LogP contribution < -0.4 is 0 Å². The van der Waals surface area contributed by atoms with Crippen molar-refractivity contribution in [3.8, 4) is 17.3 Å². The number of pyridine rings is 2. The maximum Gasteiger partial charge on any atom is 0.137 e. The van der Waals surface area contributed by atoms with E-state index in [-0.39, 0.29) is 12.1 Å². The monoisotopic (exact) mass is 399 g/mol. The first kappa shape index (κ1) is 18.5. The number of H-pyrrole nitrogens is 1. The second-order valence-corrected chi connectivity index (χ2v) is 7.47. The van der Waals surface area contributed by atoms with Crippen LogP contribution in [-0.2, 0) is 11.3 Å². The Bertz CT molecular complexity index is 1210. The number of hydrogen-bond donors (Lipinski definition) is 1. The van der Waals surface area contributed by atoms with Crippen molar-refractivity contribution < 1.29 is 4.74 Å². The zero-order valence-corrected chi connectivity index (χ0v) is 16.6. The van der Waals surface area contributed by atoms with Gasteiger partial charge in [-0.2, -0.15) is 5.26 Å². The zero-order valence-electron chi connectivity index (χ0n) is 16.6. The lowest BCUT2D eigenvalue weighted by Crippen LogP contribution is -2.26. The third-order valence-electron chi connectivity index (χ3n) is 5.66. The summed E-state index contributed by atoms with van der Waals surface area (Å²) in [5.41, 5.74) is 4.44. The minimum absolute atomic E-state index is 0.102. The summed E-state index contributed by atoms with van der Waals surface area (Å²) in [6.07, 6.45) is 10.1. The number of nitrogens with one attached hydrogen (secondary N) is 1. The first-order chi connectivity index (χ1) is 14.7. The van der Waals surface area contributed by atoms with E-state index in [9.17, 15) is 5.26 Å². The summed E-state index contributed by atoms with van der Waals surface area (Å²) in [5.74, 6) is 0.917. The summed E-state index contributed by atoms with van der Waals surface area (Å²) in [5, 5.41) is 9.24. The van der Waals surface area contributed by atoms with Gasteiger partial charge >= 0.3 is 0 Å². The van der Waals surface area contributed by atoms with Gasteiger partial charge in [-0.05, 0) is 30.7 Å². The van der Waals surface area contributed by atoms with E-state index in [1.54, 1.807) is 19.4 Å². The predicted molar refractivity (Wildman–Crippen MR) is 110 cm³/mol. The number of hydrogen-bond acceptors (Lipinski definition) is 6. The number of aromatic nitrogens is 5. The quantitative estimate of drug-likeness (QED) is 0.554. The molecule has 1 saturated heterocycles. The van der Waals surface area contributed by atoms with Gasteiger partial charge < -0.3 is 14.1 Å². The topological polar surface area (TPSA) is 95.1 Å². The van der Waals surface area contributed by atoms with Gasteiger partial charge in [-0.15, -0.1) is 0 Å². The van der Waals surface area contributed by atoms with Crippen molar-refractivity contribution in [2.75, 3.05) is 13.7 Å². The minimum atomic E-state index is 0.102. The molecule has 1 aliphatic heterocycles. The number of fused-ring (bicyclic) bond motifs is 1. The van der Waals surface area contributed by atoms with Gasteiger partial charge in [0.2, 0.25) is 0 Å². The molecule has 5 rings (SSSR count). The molecule has 8 nitrogen and oxygen atoms in total. The molecule has 0 spiro atoms. The molecular weight excluding hydrogens is 378 g/mol. The average Bonchev–Trinajstić information content (AvgIpc) is 3.53. The highest BCUT2D eigenvalue weighted by Gasteiger charge is 2.35. The molecule has 0 saturated carbocycles. The Morgan fingerprint density at radius 3 is 2.97 bits per heavy atom. The van der Waals surface area contributed by atoms with E-state index < -0.39 is 0 Å². The van der Waals surface area contributed by atoms with Gasteiger partial charge in [-0.25, -0.2) is 9.97 Å². The van der Waals surface area contributed by atoms with E-state index >= 15 is 0 Å². The average molecular weight is 399 g/mol. The number of aromatic amines is 1. The molecule has 1 fully saturated rings. The van der Waals surface area contributed by atoms with Crippen LogP contribution in [0.3, 0.4) is 0 Å². The van der Waals surface area contributed by atoms with Crippen molar-refractivity contribution in [1.82, 2.24) is 29.2 Å². The smallest absolute Gasteiger partial charge is 0.137 e. The molecule has 4 aromatic heterocycles. The number of likely N-dealkylation sites (tertiary alicyclic amines) is 1. The normalized spacial score (nSPS) is 19.3. The molecule has 0 bridgehead atoms. The predicted octanol–water partition coefficient (Wildman–Crippen LogP) is 2.95. The van der Waals surface area contributed by atoms with Crippen molar-refractivity contribution in [2.45, 2.75) is 25.1 Å². The first-order valence-electron chi connectivity index (χ1n) is 9.83. The Morgan fingerprint density at radius 2 is 2.17 bits per heavy atom. The molecule has 150 valence electrons. The number of rotatable bonds is 5. The third-order valence-corrected chi connectivity index (χ3v) is 5.66. The molecule has 8 heteroatoms. The molecule has 2 atom stereocenters. The van der Waals surface area contributed by atoms with E-state index in [1.807, 2.05) is 47.4 Å². The fourth-order valence-electron chi connectivity index (χ4n) is 4.09. The lowest BCUT2D eigenvalue weighted by Gasteiger charge is -2.22. The molecule has 0 amide bonds. The van der Waals surface area contributed by atoms with Crippen LogP contribution in [0.1, 0.15) is 29.5 Å². The summed E-state index contributed by atoms with van der Waals surface area (Å²) < 4.78 is 7.65. The van der Waals surface area contributed by atoms with Crippen LogP contribution in [0.15, 0.2) is 55.2 Å². The first-order valence-corrected chi connectivity index (χ1v) is 9.83. The summed E-state index contributed by atoms with van der Waals surface area (Å²) in [6, 6.07) is 9.88. The van der Waals surface area contributed by atoms with Crippen LogP contribution in [-0.4, -0.2) is 49.0 Å². The van der Waals surface area contributed by atoms with Crippen molar-refractivity contribution in [2.24, 2.45) is 0 Å². The Balaban J connectivity index is 1.44. The van der Waals surface area contributed by atoms with E-state index in [1.165, 1.54) is 0 Å². The lowest BCUT2D eigenvalue weighted by atomic mass is 10.2. The molecule has 0 unspecified atom stereocenters. The van der Waals surface area contributed by atoms with Gasteiger partial charge in [-0.3, -0.25) is 9.88 Å².